The van der Waals surface area contributed by atoms with Gasteiger partial charge in [0.1, 0.15) is 5.82 Å². The monoisotopic (exact) mass is 321 g/mol. The molecule has 0 unspecified atom stereocenters. The molecule has 3 aromatic rings. The molecule has 0 aliphatic carbocycles. The fourth-order valence-corrected chi connectivity index (χ4v) is 3.02. The molecule has 124 valence electrons. The van der Waals surface area contributed by atoms with Crippen LogP contribution in [0.3, 0.4) is 0 Å². The average molecular weight is 321 g/mol. The average Bonchev–Trinajstić information content (AvgIpc) is 2.95. The van der Waals surface area contributed by atoms with Crippen molar-refractivity contribution in [1.82, 2.24) is 14.5 Å². The van der Waals surface area contributed by atoms with Crippen LogP contribution in [0.15, 0.2) is 48.2 Å². The number of aliphatic hydroxyl groups excluding tert-OH is 1. The van der Waals surface area contributed by atoms with Gasteiger partial charge in [0, 0.05) is 11.8 Å². The van der Waals surface area contributed by atoms with Crippen molar-refractivity contribution < 1.29 is 5.11 Å². The van der Waals surface area contributed by atoms with Crippen molar-refractivity contribution in [1.29, 1.82) is 0 Å². The van der Waals surface area contributed by atoms with E-state index in [-0.39, 0.29) is 12.6 Å². The Kier molecular flexibility index (Phi) is 4.49. The maximum absolute atomic E-state index is 9.14. The molecular formula is C20H23N3O. The topological polar surface area (TPSA) is 50.9 Å². The molecule has 0 spiro atoms. The van der Waals surface area contributed by atoms with Crippen molar-refractivity contribution in [2.75, 3.05) is 0 Å². The number of rotatable bonds is 4. The molecule has 0 saturated heterocycles. The van der Waals surface area contributed by atoms with Gasteiger partial charge in [0.25, 0.3) is 0 Å². The molecule has 0 aliphatic rings. The highest BCUT2D eigenvalue weighted by molar-refractivity contribution is 5.82. The van der Waals surface area contributed by atoms with Crippen LogP contribution in [-0.2, 0) is 6.61 Å². The second-order valence-electron chi connectivity index (χ2n) is 6.14. The Bertz CT molecular complexity index is 891. The number of nitrogens with zero attached hydrogens (tertiary/aromatic N) is 3. The minimum atomic E-state index is -0.0363. The van der Waals surface area contributed by atoms with Crippen molar-refractivity contribution in [2.45, 2.75) is 40.3 Å². The minimum Gasteiger partial charge on any atom is -0.390 e. The van der Waals surface area contributed by atoms with Gasteiger partial charge in [0.05, 0.1) is 29.4 Å². The van der Waals surface area contributed by atoms with E-state index in [2.05, 4.69) is 61.5 Å². The molecular weight excluding hydrogens is 298 g/mol. The summed E-state index contributed by atoms with van der Waals surface area (Å²) in [5, 5.41) is 9.14. The lowest BCUT2D eigenvalue weighted by molar-refractivity contribution is 0.277. The zero-order chi connectivity index (χ0) is 17.3. The van der Waals surface area contributed by atoms with Gasteiger partial charge >= 0.3 is 0 Å². The first-order valence-corrected chi connectivity index (χ1v) is 8.22. The predicted molar refractivity (Wildman–Crippen MR) is 97.8 cm³/mol. The maximum atomic E-state index is 9.14. The Morgan fingerprint density at radius 2 is 2.00 bits per heavy atom. The van der Waals surface area contributed by atoms with Gasteiger partial charge in [0.2, 0.25) is 0 Å². The van der Waals surface area contributed by atoms with Crippen LogP contribution in [0.1, 0.15) is 38.3 Å². The molecule has 2 aromatic heterocycles. The molecule has 2 heterocycles. The molecule has 0 aliphatic heterocycles. The number of hydrogen-bond acceptors (Lipinski definition) is 3. The van der Waals surface area contributed by atoms with Gasteiger partial charge in [-0.1, -0.05) is 23.8 Å². The minimum absolute atomic E-state index is 0.0363. The van der Waals surface area contributed by atoms with E-state index in [1.807, 2.05) is 12.1 Å². The highest BCUT2D eigenvalue weighted by atomic mass is 16.3. The maximum Gasteiger partial charge on any atom is 0.107 e. The van der Waals surface area contributed by atoms with Gasteiger partial charge in [-0.05, 0) is 51.5 Å². The third-order valence-corrected chi connectivity index (χ3v) is 4.69. The van der Waals surface area contributed by atoms with E-state index >= 15 is 0 Å². The van der Waals surface area contributed by atoms with Gasteiger partial charge in [-0.15, -0.1) is 0 Å². The number of fused-ring (bicyclic) bond motifs is 1. The Labute approximate surface area is 142 Å². The summed E-state index contributed by atoms with van der Waals surface area (Å²) in [6, 6.07) is 10.4. The van der Waals surface area contributed by atoms with E-state index in [4.69, 9.17) is 10.1 Å². The SMILES string of the molecule is C/C=C(\C)[C@@H](C)n1c(C)nc2ccc(-c3ccc(CO)nc3)cc21. The molecule has 4 nitrogen and oxygen atoms in total. The van der Waals surface area contributed by atoms with E-state index in [1.54, 1.807) is 6.20 Å². The third kappa shape index (κ3) is 2.85. The zero-order valence-corrected chi connectivity index (χ0v) is 14.6. The summed E-state index contributed by atoms with van der Waals surface area (Å²) in [6.07, 6.45) is 3.96. The van der Waals surface area contributed by atoms with Crippen molar-refractivity contribution in [3.8, 4) is 11.1 Å². The van der Waals surface area contributed by atoms with Crippen LogP contribution in [0.2, 0.25) is 0 Å². The van der Waals surface area contributed by atoms with Crippen LogP contribution in [0.25, 0.3) is 22.2 Å². The number of imidazole rings is 1. The Morgan fingerprint density at radius 1 is 1.25 bits per heavy atom. The van der Waals surface area contributed by atoms with Crippen molar-refractivity contribution >= 4 is 11.0 Å². The van der Waals surface area contributed by atoms with Gasteiger partial charge in [-0.3, -0.25) is 4.98 Å². The lowest BCUT2D eigenvalue weighted by atomic mass is 10.1. The van der Waals surface area contributed by atoms with Crippen LogP contribution < -0.4 is 0 Å². The Hall–Kier alpha value is -2.46. The first kappa shape index (κ1) is 16.4. The second-order valence-corrected chi connectivity index (χ2v) is 6.14. The summed E-state index contributed by atoms with van der Waals surface area (Å²) in [5.41, 5.74) is 6.27. The highest BCUT2D eigenvalue weighted by Crippen LogP contribution is 2.29. The molecule has 1 atom stereocenters. The third-order valence-electron chi connectivity index (χ3n) is 4.69. The zero-order valence-electron chi connectivity index (χ0n) is 14.6. The predicted octanol–water partition coefficient (Wildman–Crippen LogP) is 4.43. The van der Waals surface area contributed by atoms with Gasteiger partial charge in [-0.2, -0.15) is 0 Å². The van der Waals surface area contributed by atoms with E-state index in [0.717, 1.165) is 28.0 Å². The Balaban J connectivity index is 2.12. The van der Waals surface area contributed by atoms with E-state index in [9.17, 15) is 0 Å². The van der Waals surface area contributed by atoms with E-state index in [1.165, 1.54) is 5.57 Å². The fourth-order valence-electron chi connectivity index (χ4n) is 3.02. The number of aryl methyl sites for hydroxylation is 1. The molecule has 0 bridgehead atoms. The van der Waals surface area contributed by atoms with E-state index < -0.39 is 0 Å². The van der Waals surface area contributed by atoms with Crippen LogP contribution >= 0.6 is 0 Å². The molecule has 0 radical (unpaired) electrons. The summed E-state index contributed by atoms with van der Waals surface area (Å²) in [7, 11) is 0. The molecule has 0 fully saturated rings. The lowest BCUT2D eigenvalue weighted by Gasteiger charge is -2.17. The van der Waals surface area contributed by atoms with Crippen molar-refractivity contribution in [3.63, 3.8) is 0 Å². The number of pyridine rings is 1. The lowest BCUT2D eigenvalue weighted by Crippen LogP contribution is -2.08. The molecule has 4 heteroatoms. The standard InChI is InChI=1S/C20H23N3O/c1-5-13(2)14(3)23-15(4)22-19-9-7-16(10-20(19)23)17-6-8-18(12-24)21-11-17/h5-11,14,24H,12H2,1-4H3/b13-5+/t14-/m1/s1. The van der Waals surface area contributed by atoms with Gasteiger partial charge in [-0.25, -0.2) is 4.98 Å². The molecule has 24 heavy (non-hydrogen) atoms. The van der Waals surface area contributed by atoms with E-state index in [0.29, 0.717) is 5.69 Å². The quantitative estimate of drug-likeness (QED) is 0.723. The second kappa shape index (κ2) is 6.57. The summed E-state index contributed by atoms with van der Waals surface area (Å²) in [5.74, 6) is 1.02. The summed E-state index contributed by atoms with van der Waals surface area (Å²) in [6.45, 7) is 8.44. The molecule has 0 amide bonds. The summed E-state index contributed by atoms with van der Waals surface area (Å²) < 4.78 is 2.28. The largest absolute Gasteiger partial charge is 0.390 e. The van der Waals surface area contributed by atoms with Crippen LogP contribution in [0.5, 0.6) is 0 Å². The number of hydrogen-bond donors (Lipinski definition) is 1. The normalized spacial score (nSPS) is 13.5. The van der Waals surface area contributed by atoms with Crippen LogP contribution in [-0.4, -0.2) is 19.6 Å². The first-order valence-electron chi connectivity index (χ1n) is 8.22. The molecule has 0 saturated carbocycles. The smallest absolute Gasteiger partial charge is 0.107 e. The highest BCUT2D eigenvalue weighted by Gasteiger charge is 2.15. The number of benzene rings is 1. The molecule has 1 aromatic carbocycles. The Morgan fingerprint density at radius 3 is 2.62 bits per heavy atom. The first-order chi connectivity index (χ1) is 11.5. The number of allylic oxidation sites excluding steroid dienone is 2. The van der Waals surface area contributed by atoms with Crippen molar-refractivity contribution in [2.24, 2.45) is 0 Å². The molecule has 1 N–H and O–H groups in total. The fraction of sp³-hybridized carbons (Fsp3) is 0.300. The summed E-state index contributed by atoms with van der Waals surface area (Å²) in [4.78, 5) is 8.98. The van der Waals surface area contributed by atoms with Gasteiger partial charge < -0.3 is 9.67 Å². The number of aromatic nitrogens is 3. The van der Waals surface area contributed by atoms with Crippen LogP contribution in [0.4, 0.5) is 0 Å². The summed E-state index contributed by atoms with van der Waals surface area (Å²) >= 11 is 0. The van der Waals surface area contributed by atoms with Gasteiger partial charge in [0.15, 0.2) is 0 Å². The van der Waals surface area contributed by atoms with Crippen molar-refractivity contribution in [3.05, 3.63) is 59.7 Å². The van der Waals surface area contributed by atoms with Crippen LogP contribution in [0, 0.1) is 6.92 Å². The number of aliphatic hydroxyl groups is 1. The molecule has 3 rings (SSSR count).